The highest BCUT2D eigenvalue weighted by molar-refractivity contribution is 6.29. The van der Waals surface area contributed by atoms with Crippen molar-refractivity contribution in [3.8, 4) is 0 Å². The standard InChI is InChI=1S/C18H16ClF6N5O2/c19-10-2-1-9(17(20,21)22)15(26-10)30-5-3-8(4-6-30)13-12-14(29-28-13)27-11(31)7-16(12,32)18(23,24)25/h1-2,8,32H,3-7H2,(H2,27,28,29,31). The average Bonchev–Trinajstić information content (AvgIpc) is 3.10. The van der Waals surface area contributed by atoms with Gasteiger partial charge in [-0.3, -0.25) is 9.89 Å². The van der Waals surface area contributed by atoms with Gasteiger partial charge in [-0.05, 0) is 25.0 Å². The first-order chi connectivity index (χ1) is 14.8. The van der Waals surface area contributed by atoms with Crippen LogP contribution in [0.2, 0.25) is 5.15 Å². The number of hydrogen-bond donors (Lipinski definition) is 3. The molecule has 1 amide bonds. The van der Waals surface area contributed by atoms with Crippen molar-refractivity contribution in [2.24, 2.45) is 0 Å². The van der Waals surface area contributed by atoms with Crippen molar-refractivity contribution in [1.29, 1.82) is 0 Å². The number of halogens is 7. The Hall–Kier alpha value is -2.54. The topological polar surface area (TPSA) is 94.1 Å². The van der Waals surface area contributed by atoms with E-state index in [4.69, 9.17) is 11.6 Å². The molecule has 0 saturated carbocycles. The second kappa shape index (κ2) is 7.51. The number of alkyl halides is 6. The Labute approximate surface area is 181 Å². The summed E-state index contributed by atoms with van der Waals surface area (Å²) in [5, 5.41) is 18.7. The van der Waals surface area contributed by atoms with Crippen LogP contribution in [0.1, 0.15) is 42.0 Å². The number of nitrogens with one attached hydrogen (secondary N) is 2. The molecule has 14 heteroatoms. The highest BCUT2D eigenvalue weighted by Crippen LogP contribution is 2.50. The van der Waals surface area contributed by atoms with E-state index in [1.807, 2.05) is 0 Å². The minimum absolute atomic E-state index is 0.00502. The molecular formula is C18H16ClF6N5O2. The van der Waals surface area contributed by atoms with Crippen LogP contribution < -0.4 is 10.2 Å². The van der Waals surface area contributed by atoms with E-state index in [9.17, 15) is 36.2 Å². The molecule has 2 aliphatic heterocycles. The number of aromatic amines is 1. The van der Waals surface area contributed by atoms with Gasteiger partial charge in [-0.15, -0.1) is 0 Å². The van der Waals surface area contributed by atoms with E-state index in [1.54, 1.807) is 0 Å². The molecule has 32 heavy (non-hydrogen) atoms. The third-order valence-electron chi connectivity index (χ3n) is 5.70. The molecule has 0 bridgehead atoms. The molecule has 0 aromatic carbocycles. The Morgan fingerprint density at radius 1 is 1.16 bits per heavy atom. The van der Waals surface area contributed by atoms with Crippen LogP contribution in [0.4, 0.5) is 38.0 Å². The molecule has 2 aromatic heterocycles. The van der Waals surface area contributed by atoms with Crippen LogP contribution in [0.3, 0.4) is 0 Å². The van der Waals surface area contributed by atoms with E-state index in [-0.39, 0.29) is 42.6 Å². The number of nitrogens with zero attached hydrogens (tertiary/aromatic N) is 3. The zero-order valence-corrected chi connectivity index (χ0v) is 16.9. The summed E-state index contributed by atoms with van der Waals surface area (Å²) in [5.74, 6) is -2.36. The summed E-state index contributed by atoms with van der Waals surface area (Å²) in [7, 11) is 0. The third-order valence-corrected chi connectivity index (χ3v) is 5.91. The number of aliphatic hydroxyl groups is 1. The molecule has 2 aromatic rings. The monoisotopic (exact) mass is 483 g/mol. The van der Waals surface area contributed by atoms with Gasteiger partial charge in [0, 0.05) is 24.7 Å². The van der Waals surface area contributed by atoms with Crippen molar-refractivity contribution in [3.63, 3.8) is 0 Å². The van der Waals surface area contributed by atoms with Gasteiger partial charge in [-0.25, -0.2) is 4.98 Å². The fourth-order valence-corrected chi connectivity index (χ4v) is 4.31. The van der Waals surface area contributed by atoms with Gasteiger partial charge >= 0.3 is 12.4 Å². The normalized spacial score (nSPS) is 22.6. The number of anilines is 2. The lowest BCUT2D eigenvalue weighted by Gasteiger charge is -2.37. The number of aromatic nitrogens is 3. The molecule has 0 radical (unpaired) electrons. The molecule has 3 N–H and O–H groups in total. The first-order valence-electron chi connectivity index (χ1n) is 9.47. The molecule has 4 rings (SSSR count). The van der Waals surface area contributed by atoms with Crippen LogP contribution in [-0.2, 0) is 16.6 Å². The fraction of sp³-hybridized carbons (Fsp3) is 0.500. The van der Waals surface area contributed by atoms with E-state index < -0.39 is 53.1 Å². The molecular weight excluding hydrogens is 468 g/mol. The van der Waals surface area contributed by atoms with Crippen molar-refractivity contribution in [2.75, 3.05) is 23.3 Å². The minimum Gasteiger partial charge on any atom is -0.376 e. The Kier molecular flexibility index (Phi) is 5.31. The smallest absolute Gasteiger partial charge is 0.376 e. The van der Waals surface area contributed by atoms with E-state index in [0.29, 0.717) is 0 Å². The van der Waals surface area contributed by atoms with Crippen molar-refractivity contribution in [2.45, 2.75) is 43.1 Å². The van der Waals surface area contributed by atoms with Gasteiger partial charge in [-0.1, -0.05) is 11.6 Å². The van der Waals surface area contributed by atoms with Gasteiger partial charge in [0.2, 0.25) is 5.91 Å². The summed E-state index contributed by atoms with van der Waals surface area (Å²) in [5.41, 5.74) is -4.94. The van der Waals surface area contributed by atoms with Gasteiger partial charge in [0.05, 0.1) is 17.5 Å². The van der Waals surface area contributed by atoms with Crippen LogP contribution in [0.5, 0.6) is 0 Å². The van der Waals surface area contributed by atoms with Crippen molar-refractivity contribution in [1.82, 2.24) is 15.2 Å². The summed E-state index contributed by atoms with van der Waals surface area (Å²) in [6, 6.07) is 1.86. The van der Waals surface area contributed by atoms with E-state index in [0.717, 1.165) is 12.1 Å². The number of amides is 1. The summed E-state index contributed by atoms with van der Waals surface area (Å²) < 4.78 is 81.1. The SMILES string of the molecule is O=C1CC(O)(C(F)(F)F)c2c(n[nH]c2C2CCN(c3nc(Cl)ccc3C(F)(F)F)CC2)N1. The van der Waals surface area contributed by atoms with E-state index in [2.05, 4.69) is 20.5 Å². The Morgan fingerprint density at radius 3 is 2.41 bits per heavy atom. The van der Waals surface area contributed by atoms with Gasteiger partial charge in [-0.2, -0.15) is 31.4 Å². The van der Waals surface area contributed by atoms with E-state index >= 15 is 0 Å². The maximum atomic E-state index is 13.7. The van der Waals surface area contributed by atoms with Gasteiger partial charge in [0.25, 0.3) is 0 Å². The van der Waals surface area contributed by atoms with Crippen LogP contribution in [0.25, 0.3) is 0 Å². The lowest BCUT2D eigenvalue weighted by atomic mass is 9.81. The zero-order valence-electron chi connectivity index (χ0n) is 16.1. The quantitative estimate of drug-likeness (QED) is 0.444. The largest absolute Gasteiger partial charge is 0.422 e. The Bertz CT molecular complexity index is 1050. The first kappa shape index (κ1) is 22.6. The Balaban J connectivity index is 1.62. The van der Waals surface area contributed by atoms with Crippen LogP contribution in [0, 0.1) is 0 Å². The highest BCUT2D eigenvalue weighted by Gasteiger charge is 2.61. The maximum absolute atomic E-state index is 13.7. The number of piperidine rings is 1. The van der Waals surface area contributed by atoms with Gasteiger partial charge in [0.1, 0.15) is 11.0 Å². The Morgan fingerprint density at radius 2 is 1.81 bits per heavy atom. The minimum atomic E-state index is -5.13. The highest BCUT2D eigenvalue weighted by atomic mass is 35.5. The second-order valence-corrected chi connectivity index (χ2v) is 8.10. The third kappa shape index (κ3) is 3.76. The number of rotatable bonds is 2. The van der Waals surface area contributed by atoms with Crippen molar-refractivity contribution < 1.29 is 36.2 Å². The predicted octanol–water partition coefficient (Wildman–Crippen LogP) is 3.95. The first-order valence-corrected chi connectivity index (χ1v) is 9.85. The molecule has 1 saturated heterocycles. The number of pyridine rings is 1. The van der Waals surface area contributed by atoms with Gasteiger partial charge in [0.15, 0.2) is 11.4 Å². The molecule has 0 aliphatic carbocycles. The summed E-state index contributed by atoms with van der Waals surface area (Å²) in [6.07, 6.45) is -10.7. The number of H-pyrrole nitrogens is 1. The van der Waals surface area contributed by atoms with Crippen LogP contribution in [0.15, 0.2) is 12.1 Å². The van der Waals surface area contributed by atoms with Crippen LogP contribution >= 0.6 is 11.6 Å². The number of carbonyl (C=O) groups excluding carboxylic acids is 1. The maximum Gasteiger partial charge on any atom is 0.422 e. The van der Waals surface area contributed by atoms with Crippen molar-refractivity contribution >= 4 is 29.1 Å². The average molecular weight is 484 g/mol. The van der Waals surface area contributed by atoms with E-state index in [1.165, 1.54) is 4.90 Å². The lowest BCUT2D eigenvalue weighted by Crippen LogP contribution is -2.49. The molecule has 4 heterocycles. The molecule has 174 valence electrons. The van der Waals surface area contributed by atoms with Crippen LogP contribution in [-0.4, -0.2) is 45.5 Å². The van der Waals surface area contributed by atoms with Gasteiger partial charge < -0.3 is 15.3 Å². The number of fused-ring (bicyclic) bond motifs is 1. The zero-order chi connectivity index (χ0) is 23.5. The summed E-state index contributed by atoms with van der Waals surface area (Å²) >= 11 is 5.77. The summed E-state index contributed by atoms with van der Waals surface area (Å²) in [4.78, 5) is 16.8. The molecule has 1 unspecified atom stereocenters. The molecule has 0 spiro atoms. The molecule has 7 nitrogen and oxygen atoms in total. The predicted molar refractivity (Wildman–Crippen MR) is 100 cm³/mol. The summed E-state index contributed by atoms with van der Waals surface area (Å²) in [6.45, 7) is 0.0946. The lowest BCUT2D eigenvalue weighted by molar-refractivity contribution is -0.267. The number of hydrogen-bond acceptors (Lipinski definition) is 5. The molecule has 2 aliphatic rings. The van der Waals surface area contributed by atoms with Crippen molar-refractivity contribution in [3.05, 3.63) is 34.1 Å². The molecule has 1 fully saturated rings. The number of carbonyl (C=O) groups is 1. The molecule has 1 atom stereocenters. The fourth-order valence-electron chi connectivity index (χ4n) is 4.17. The second-order valence-electron chi connectivity index (χ2n) is 7.71.